The third-order valence-electron chi connectivity index (χ3n) is 3.55. The van der Waals surface area contributed by atoms with Crippen LogP contribution < -0.4 is 10.6 Å². The topological polar surface area (TPSA) is 58.2 Å². The lowest BCUT2D eigenvalue weighted by Crippen LogP contribution is -2.37. The van der Waals surface area contributed by atoms with Gasteiger partial charge in [0.25, 0.3) is 5.91 Å². The van der Waals surface area contributed by atoms with Crippen LogP contribution in [-0.4, -0.2) is 24.9 Å². The minimum atomic E-state index is -0.263. The number of carbonyl (C=O) groups excluding carboxylic acids is 2. The van der Waals surface area contributed by atoms with Gasteiger partial charge in [-0.2, -0.15) is 0 Å². The van der Waals surface area contributed by atoms with E-state index in [2.05, 4.69) is 10.6 Å². The smallest absolute Gasteiger partial charge is 0.251 e. The Balaban J connectivity index is 1.77. The first-order valence-electron chi connectivity index (χ1n) is 7.52. The van der Waals surface area contributed by atoms with Gasteiger partial charge in [0.1, 0.15) is 0 Å². The Hall–Kier alpha value is -2.04. The summed E-state index contributed by atoms with van der Waals surface area (Å²) in [4.78, 5) is 23.8. The van der Waals surface area contributed by atoms with Crippen molar-refractivity contribution in [2.75, 3.05) is 13.1 Å². The highest BCUT2D eigenvalue weighted by Crippen LogP contribution is 2.25. The number of nitrogens with one attached hydrogen (secondary N) is 2. The molecule has 2 aromatic rings. The number of hydrogen-bond donors (Lipinski definition) is 2. The Bertz CT molecular complexity index is 748. The third-order valence-corrected chi connectivity index (χ3v) is 4.41. The number of hydrogen-bond acceptors (Lipinski definition) is 2. The van der Waals surface area contributed by atoms with Crippen LogP contribution >= 0.6 is 23.2 Å². The van der Waals surface area contributed by atoms with E-state index in [-0.39, 0.29) is 18.4 Å². The van der Waals surface area contributed by atoms with E-state index in [1.165, 1.54) is 0 Å². The van der Waals surface area contributed by atoms with Crippen molar-refractivity contribution >= 4 is 35.0 Å². The summed E-state index contributed by atoms with van der Waals surface area (Å²) in [6.07, 6.45) is 0.566. The zero-order chi connectivity index (χ0) is 17.5. The lowest BCUT2D eigenvalue weighted by atomic mass is 10.1. The van der Waals surface area contributed by atoms with Gasteiger partial charge in [0.15, 0.2) is 0 Å². The molecule has 24 heavy (non-hydrogen) atoms. The lowest BCUT2D eigenvalue weighted by molar-refractivity contribution is -0.120. The van der Waals surface area contributed by atoms with Crippen molar-refractivity contribution in [1.82, 2.24) is 10.6 Å². The molecule has 0 aliphatic carbocycles. The van der Waals surface area contributed by atoms with Crippen LogP contribution in [0.2, 0.25) is 10.0 Å². The van der Waals surface area contributed by atoms with E-state index in [1.807, 2.05) is 31.2 Å². The zero-order valence-corrected chi connectivity index (χ0v) is 14.7. The van der Waals surface area contributed by atoms with E-state index in [1.54, 1.807) is 18.2 Å². The van der Waals surface area contributed by atoms with Gasteiger partial charge in [-0.1, -0.05) is 53.5 Å². The molecule has 0 spiro atoms. The molecule has 0 aliphatic heterocycles. The Morgan fingerprint density at radius 2 is 1.75 bits per heavy atom. The van der Waals surface area contributed by atoms with Crippen molar-refractivity contribution in [2.45, 2.75) is 13.3 Å². The number of amides is 2. The SMILES string of the molecule is Cc1ccccc1C(=O)NCC(=O)NCCc1cccc(Cl)c1Cl. The Labute approximate surface area is 151 Å². The van der Waals surface area contributed by atoms with Crippen LogP contribution in [0.25, 0.3) is 0 Å². The minimum Gasteiger partial charge on any atom is -0.354 e. The van der Waals surface area contributed by atoms with Gasteiger partial charge in [-0.15, -0.1) is 0 Å². The fourth-order valence-electron chi connectivity index (χ4n) is 2.22. The number of carbonyl (C=O) groups is 2. The molecule has 126 valence electrons. The third kappa shape index (κ3) is 4.98. The van der Waals surface area contributed by atoms with Gasteiger partial charge in [0, 0.05) is 12.1 Å². The number of halogens is 2. The van der Waals surface area contributed by atoms with Crippen molar-refractivity contribution in [3.8, 4) is 0 Å². The van der Waals surface area contributed by atoms with E-state index >= 15 is 0 Å². The first kappa shape index (κ1) is 18.3. The first-order chi connectivity index (χ1) is 11.5. The normalized spacial score (nSPS) is 10.3. The maximum atomic E-state index is 12.0. The van der Waals surface area contributed by atoms with Crippen LogP contribution in [0, 0.1) is 6.92 Å². The van der Waals surface area contributed by atoms with Gasteiger partial charge in [0.05, 0.1) is 16.6 Å². The number of rotatable bonds is 6. The lowest BCUT2D eigenvalue weighted by Gasteiger charge is -2.09. The van der Waals surface area contributed by atoms with Gasteiger partial charge in [-0.3, -0.25) is 9.59 Å². The van der Waals surface area contributed by atoms with Crippen LogP contribution in [0.3, 0.4) is 0 Å². The number of aryl methyl sites for hydroxylation is 1. The highest BCUT2D eigenvalue weighted by molar-refractivity contribution is 6.42. The van der Waals surface area contributed by atoms with E-state index in [4.69, 9.17) is 23.2 Å². The fraction of sp³-hybridized carbons (Fsp3) is 0.222. The molecule has 0 bridgehead atoms. The predicted molar refractivity (Wildman–Crippen MR) is 96.7 cm³/mol. The highest BCUT2D eigenvalue weighted by Gasteiger charge is 2.10. The average molecular weight is 365 g/mol. The summed E-state index contributed by atoms with van der Waals surface area (Å²) in [6, 6.07) is 12.6. The van der Waals surface area contributed by atoms with Crippen LogP contribution in [0.5, 0.6) is 0 Å². The van der Waals surface area contributed by atoms with E-state index in [0.29, 0.717) is 28.6 Å². The average Bonchev–Trinajstić information content (AvgIpc) is 2.57. The highest BCUT2D eigenvalue weighted by atomic mass is 35.5. The van der Waals surface area contributed by atoms with Gasteiger partial charge in [0.2, 0.25) is 5.91 Å². The maximum absolute atomic E-state index is 12.0. The molecule has 0 unspecified atom stereocenters. The summed E-state index contributed by atoms with van der Waals surface area (Å²) in [5.41, 5.74) is 2.30. The quantitative estimate of drug-likeness (QED) is 0.825. The molecule has 0 fully saturated rings. The van der Waals surface area contributed by atoms with Crippen molar-refractivity contribution in [3.63, 3.8) is 0 Å². The van der Waals surface area contributed by atoms with Crippen LogP contribution in [0.4, 0.5) is 0 Å². The minimum absolute atomic E-state index is 0.0730. The molecule has 0 aromatic heterocycles. The van der Waals surface area contributed by atoms with Gasteiger partial charge < -0.3 is 10.6 Å². The molecule has 6 heteroatoms. The molecule has 4 nitrogen and oxygen atoms in total. The summed E-state index contributed by atoms with van der Waals surface area (Å²) in [6.45, 7) is 2.19. The molecule has 0 saturated heterocycles. The molecule has 0 heterocycles. The van der Waals surface area contributed by atoms with Crippen molar-refractivity contribution in [1.29, 1.82) is 0 Å². The fourth-order valence-corrected chi connectivity index (χ4v) is 2.64. The van der Waals surface area contributed by atoms with Crippen LogP contribution in [0.1, 0.15) is 21.5 Å². The maximum Gasteiger partial charge on any atom is 0.251 e. The summed E-state index contributed by atoms with van der Waals surface area (Å²) in [5, 5.41) is 6.35. The van der Waals surface area contributed by atoms with Crippen LogP contribution in [0.15, 0.2) is 42.5 Å². The van der Waals surface area contributed by atoms with E-state index < -0.39 is 0 Å². The molecule has 0 aliphatic rings. The van der Waals surface area contributed by atoms with E-state index in [9.17, 15) is 9.59 Å². The molecule has 0 atom stereocenters. The monoisotopic (exact) mass is 364 g/mol. The molecule has 0 radical (unpaired) electrons. The summed E-state index contributed by atoms with van der Waals surface area (Å²) < 4.78 is 0. The van der Waals surface area contributed by atoms with Gasteiger partial charge in [-0.25, -0.2) is 0 Å². The van der Waals surface area contributed by atoms with Crippen LogP contribution in [-0.2, 0) is 11.2 Å². The second-order valence-electron chi connectivity index (χ2n) is 5.31. The second-order valence-corrected chi connectivity index (χ2v) is 6.10. The Morgan fingerprint density at radius 3 is 2.50 bits per heavy atom. The second kappa shape index (κ2) is 8.71. The predicted octanol–water partition coefficient (Wildman–Crippen LogP) is 3.39. The molecule has 2 aromatic carbocycles. The largest absolute Gasteiger partial charge is 0.354 e. The van der Waals surface area contributed by atoms with Gasteiger partial charge in [-0.05, 0) is 36.6 Å². The van der Waals surface area contributed by atoms with E-state index in [0.717, 1.165) is 11.1 Å². The summed E-state index contributed by atoms with van der Waals surface area (Å²) in [5.74, 6) is -0.517. The standard InChI is InChI=1S/C18H18Cl2N2O2/c1-12-5-2-3-7-14(12)18(24)22-11-16(23)21-10-9-13-6-4-8-15(19)17(13)20/h2-8H,9-11H2,1H3,(H,21,23)(H,22,24). The molecule has 2 amide bonds. The van der Waals surface area contributed by atoms with Gasteiger partial charge >= 0.3 is 0 Å². The molecule has 2 N–H and O–H groups in total. The Kier molecular flexibility index (Phi) is 6.64. The van der Waals surface area contributed by atoms with Crippen molar-refractivity contribution in [2.24, 2.45) is 0 Å². The molecular formula is C18H18Cl2N2O2. The van der Waals surface area contributed by atoms with Crippen molar-refractivity contribution < 1.29 is 9.59 Å². The molecular weight excluding hydrogens is 347 g/mol. The first-order valence-corrected chi connectivity index (χ1v) is 8.28. The molecule has 2 rings (SSSR count). The number of benzene rings is 2. The zero-order valence-electron chi connectivity index (χ0n) is 13.2. The summed E-state index contributed by atoms with van der Waals surface area (Å²) >= 11 is 12.0. The Morgan fingerprint density at radius 1 is 1.00 bits per heavy atom. The van der Waals surface area contributed by atoms with Crippen molar-refractivity contribution in [3.05, 3.63) is 69.2 Å². The molecule has 0 saturated carbocycles. The summed E-state index contributed by atoms with van der Waals surface area (Å²) in [7, 11) is 0.